The van der Waals surface area contributed by atoms with E-state index in [9.17, 15) is 4.79 Å². The average Bonchev–Trinajstić information content (AvgIpc) is 3.45. The first-order chi connectivity index (χ1) is 15.1. The van der Waals surface area contributed by atoms with E-state index in [2.05, 4.69) is 45.4 Å². The number of hydrogen-bond acceptors (Lipinski definition) is 4. The summed E-state index contributed by atoms with van der Waals surface area (Å²) in [6, 6.07) is 17.8. The van der Waals surface area contributed by atoms with Crippen molar-refractivity contribution in [3.63, 3.8) is 0 Å². The summed E-state index contributed by atoms with van der Waals surface area (Å²) in [7, 11) is 0. The van der Waals surface area contributed by atoms with Gasteiger partial charge in [0.2, 0.25) is 0 Å². The minimum Gasteiger partial charge on any atom is -0.484 e. The minimum atomic E-state index is -0.319. The molecule has 3 aromatic rings. The van der Waals surface area contributed by atoms with Crippen molar-refractivity contribution in [2.45, 2.75) is 18.9 Å². The van der Waals surface area contributed by atoms with E-state index in [1.54, 1.807) is 0 Å². The van der Waals surface area contributed by atoms with Crippen LogP contribution in [0.4, 0.5) is 5.69 Å². The Morgan fingerprint density at radius 3 is 2.81 bits per heavy atom. The summed E-state index contributed by atoms with van der Waals surface area (Å²) >= 11 is 0. The van der Waals surface area contributed by atoms with Gasteiger partial charge < -0.3 is 19.1 Å². The van der Waals surface area contributed by atoms with Crippen molar-refractivity contribution in [3.8, 4) is 11.6 Å². The van der Waals surface area contributed by atoms with Crippen LogP contribution in [0.1, 0.15) is 19.0 Å². The quantitative estimate of drug-likeness (QED) is 0.597. The van der Waals surface area contributed by atoms with Gasteiger partial charge >= 0.3 is 0 Å². The first kappa shape index (κ1) is 19.4. The second-order valence-electron chi connectivity index (χ2n) is 8.35. The number of rotatable bonds is 5. The average molecular weight is 415 g/mol. The fraction of sp³-hybridized carbons (Fsp3) is 0.280. The third-order valence-corrected chi connectivity index (χ3v) is 6.16. The third kappa shape index (κ3) is 3.28. The number of likely N-dealkylation sites (tertiary alicyclic amines) is 1. The Kier molecular flexibility index (Phi) is 4.77. The number of amides is 1. The van der Waals surface area contributed by atoms with Crippen LogP contribution in [-0.2, 0) is 10.3 Å². The van der Waals surface area contributed by atoms with Gasteiger partial charge in [0.1, 0.15) is 11.3 Å². The van der Waals surface area contributed by atoms with E-state index in [1.165, 1.54) is 5.69 Å². The van der Waals surface area contributed by atoms with E-state index in [0.29, 0.717) is 25.4 Å². The molecule has 0 aliphatic carbocycles. The van der Waals surface area contributed by atoms with Crippen molar-refractivity contribution >= 4 is 11.6 Å². The molecule has 6 nitrogen and oxygen atoms in total. The number of carbonyl (C=O) groups is 1. The molecule has 2 aromatic heterocycles. The SMILES string of the molecule is C=C(C)CN1c2cccnc2-n2cccc2C12CCN(C(=O)COc1ccccc1)C2. The zero-order valence-electron chi connectivity index (χ0n) is 17.7. The van der Waals surface area contributed by atoms with Crippen molar-refractivity contribution in [2.24, 2.45) is 0 Å². The Hall–Kier alpha value is -3.54. The van der Waals surface area contributed by atoms with E-state index < -0.39 is 0 Å². The van der Waals surface area contributed by atoms with Crippen LogP contribution in [0.25, 0.3) is 5.82 Å². The van der Waals surface area contributed by atoms with Crippen molar-refractivity contribution in [1.29, 1.82) is 0 Å². The lowest BCUT2D eigenvalue weighted by atomic mass is 9.88. The molecule has 0 bridgehead atoms. The molecule has 5 rings (SSSR count). The summed E-state index contributed by atoms with van der Waals surface area (Å²) in [4.78, 5) is 22.0. The van der Waals surface area contributed by atoms with Gasteiger partial charge in [0.25, 0.3) is 5.91 Å². The minimum absolute atomic E-state index is 0.00564. The zero-order chi connectivity index (χ0) is 21.4. The standard InChI is InChI=1S/C25H26N4O2/c1-19(2)16-29-21-10-6-13-26-24(21)28-14-7-11-22(28)25(29)12-15-27(18-25)23(30)17-31-20-8-4-3-5-9-20/h3-11,13-14H,1,12,15-18H2,2H3. The molecular weight excluding hydrogens is 388 g/mol. The molecule has 1 unspecified atom stereocenters. The van der Waals surface area contributed by atoms with Crippen LogP contribution in [0.15, 0.2) is 79.1 Å². The molecule has 4 heterocycles. The number of ether oxygens (including phenoxy) is 1. The fourth-order valence-corrected chi connectivity index (χ4v) is 4.79. The van der Waals surface area contributed by atoms with Crippen LogP contribution in [0.2, 0.25) is 0 Å². The van der Waals surface area contributed by atoms with Gasteiger partial charge in [0.05, 0.1) is 11.4 Å². The van der Waals surface area contributed by atoms with Gasteiger partial charge in [-0.25, -0.2) is 4.98 Å². The molecule has 1 amide bonds. The highest BCUT2D eigenvalue weighted by molar-refractivity contribution is 5.79. The molecule has 1 aromatic carbocycles. The number of para-hydroxylation sites is 1. The lowest BCUT2D eigenvalue weighted by Crippen LogP contribution is -2.53. The van der Waals surface area contributed by atoms with Crippen LogP contribution in [0.3, 0.4) is 0 Å². The number of carbonyl (C=O) groups excluding carboxylic acids is 1. The molecule has 0 radical (unpaired) electrons. The molecule has 2 aliphatic heterocycles. The highest BCUT2D eigenvalue weighted by Gasteiger charge is 2.50. The number of benzene rings is 1. The van der Waals surface area contributed by atoms with Gasteiger partial charge in [0.15, 0.2) is 12.4 Å². The highest BCUT2D eigenvalue weighted by Crippen LogP contribution is 2.47. The largest absolute Gasteiger partial charge is 0.484 e. The van der Waals surface area contributed by atoms with Gasteiger partial charge in [-0.1, -0.05) is 30.4 Å². The molecule has 6 heteroatoms. The van der Waals surface area contributed by atoms with Crippen LogP contribution < -0.4 is 9.64 Å². The molecule has 2 aliphatic rings. The number of aromatic nitrogens is 2. The molecule has 31 heavy (non-hydrogen) atoms. The second-order valence-corrected chi connectivity index (χ2v) is 8.35. The second kappa shape index (κ2) is 7.61. The van der Waals surface area contributed by atoms with Gasteiger partial charge in [-0.2, -0.15) is 0 Å². The summed E-state index contributed by atoms with van der Waals surface area (Å²) in [5.41, 5.74) is 3.00. The van der Waals surface area contributed by atoms with E-state index in [0.717, 1.165) is 23.5 Å². The fourth-order valence-electron chi connectivity index (χ4n) is 4.79. The van der Waals surface area contributed by atoms with E-state index in [1.807, 2.05) is 54.4 Å². The lowest BCUT2D eigenvalue weighted by Gasteiger charge is -2.47. The summed E-state index contributed by atoms with van der Waals surface area (Å²) in [5, 5.41) is 0. The van der Waals surface area contributed by atoms with Crippen molar-refractivity contribution < 1.29 is 9.53 Å². The molecule has 0 saturated carbocycles. The Morgan fingerprint density at radius 2 is 2.00 bits per heavy atom. The van der Waals surface area contributed by atoms with Gasteiger partial charge in [0, 0.05) is 32.0 Å². The molecule has 1 atom stereocenters. The summed E-state index contributed by atoms with van der Waals surface area (Å²) in [6.45, 7) is 8.26. The number of hydrogen-bond donors (Lipinski definition) is 0. The van der Waals surface area contributed by atoms with Gasteiger partial charge in [-0.05, 0) is 49.7 Å². The van der Waals surface area contributed by atoms with Crippen molar-refractivity contribution in [2.75, 3.05) is 31.1 Å². The summed E-state index contributed by atoms with van der Waals surface area (Å²) < 4.78 is 7.89. The summed E-state index contributed by atoms with van der Waals surface area (Å²) in [5.74, 6) is 1.64. The normalized spacial score (nSPS) is 19.3. The van der Waals surface area contributed by atoms with Crippen LogP contribution in [0, 0.1) is 0 Å². The Balaban J connectivity index is 1.45. The van der Waals surface area contributed by atoms with Gasteiger partial charge in [-0.15, -0.1) is 0 Å². The molecule has 1 spiro atoms. The van der Waals surface area contributed by atoms with E-state index in [4.69, 9.17) is 4.74 Å². The smallest absolute Gasteiger partial charge is 0.260 e. The highest BCUT2D eigenvalue weighted by atomic mass is 16.5. The first-order valence-electron chi connectivity index (χ1n) is 10.6. The van der Waals surface area contributed by atoms with Crippen LogP contribution in [-0.4, -0.2) is 46.6 Å². The Morgan fingerprint density at radius 1 is 1.16 bits per heavy atom. The number of fused-ring (bicyclic) bond motifs is 4. The third-order valence-electron chi connectivity index (χ3n) is 6.16. The molecule has 158 valence electrons. The monoisotopic (exact) mass is 414 g/mol. The molecular formula is C25H26N4O2. The van der Waals surface area contributed by atoms with Gasteiger partial charge in [-0.3, -0.25) is 4.79 Å². The lowest BCUT2D eigenvalue weighted by molar-refractivity contribution is -0.132. The predicted molar refractivity (Wildman–Crippen MR) is 121 cm³/mol. The number of nitrogens with zero attached hydrogens (tertiary/aromatic N) is 4. The van der Waals surface area contributed by atoms with E-state index >= 15 is 0 Å². The Bertz CT molecular complexity index is 1120. The predicted octanol–water partition coefficient (Wildman–Crippen LogP) is 3.78. The zero-order valence-corrected chi connectivity index (χ0v) is 17.7. The topological polar surface area (TPSA) is 50.6 Å². The van der Waals surface area contributed by atoms with Crippen molar-refractivity contribution in [1.82, 2.24) is 14.5 Å². The number of pyridine rings is 1. The maximum absolute atomic E-state index is 13.0. The number of anilines is 1. The maximum Gasteiger partial charge on any atom is 0.260 e. The van der Waals surface area contributed by atoms with Crippen LogP contribution in [0.5, 0.6) is 5.75 Å². The first-order valence-corrected chi connectivity index (χ1v) is 10.6. The summed E-state index contributed by atoms with van der Waals surface area (Å²) in [6.07, 6.45) is 4.73. The van der Waals surface area contributed by atoms with Crippen molar-refractivity contribution in [3.05, 3.63) is 84.8 Å². The molecule has 0 N–H and O–H groups in total. The van der Waals surface area contributed by atoms with E-state index in [-0.39, 0.29) is 18.1 Å². The molecule has 1 saturated heterocycles. The maximum atomic E-state index is 13.0. The Labute approximate surface area is 182 Å². The van der Waals surface area contributed by atoms with Crippen LogP contribution >= 0.6 is 0 Å². The molecule has 1 fully saturated rings.